The van der Waals surface area contributed by atoms with E-state index in [1.807, 2.05) is 35.0 Å². The normalized spacial score (nSPS) is 10.8. The summed E-state index contributed by atoms with van der Waals surface area (Å²) in [4.78, 5) is 8.96. The van der Waals surface area contributed by atoms with Crippen LogP contribution < -0.4 is 5.73 Å². The quantitative estimate of drug-likeness (QED) is 0.748. The highest BCUT2D eigenvalue weighted by atomic mass is 32.1. The average molecular weight is 285 g/mol. The molecule has 0 saturated heterocycles. The predicted octanol–water partition coefficient (Wildman–Crippen LogP) is 2.93. The van der Waals surface area contributed by atoms with Crippen LogP contribution in [0.25, 0.3) is 16.5 Å². The number of hydrogen-bond donors (Lipinski definition) is 1. The van der Waals surface area contributed by atoms with Crippen molar-refractivity contribution in [2.75, 3.05) is 5.73 Å². The number of nitrogens with zero attached hydrogens (tertiary/aromatic N) is 4. The van der Waals surface area contributed by atoms with E-state index in [4.69, 9.17) is 5.73 Å². The molecule has 0 aliphatic heterocycles. The second kappa shape index (κ2) is 5.42. The second-order valence-electron chi connectivity index (χ2n) is 4.49. The van der Waals surface area contributed by atoms with Crippen molar-refractivity contribution in [1.29, 1.82) is 0 Å². The lowest BCUT2D eigenvalue weighted by atomic mass is 10.2. The number of aryl methyl sites for hydroxylation is 1. The molecule has 0 aliphatic rings. The van der Waals surface area contributed by atoms with E-state index in [-0.39, 0.29) is 0 Å². The Bertz CT molecular complexity index is 716. The lowest BCUT2D eigenvalue weighted by Crippen LogP contribution is -1.97. The molecule has 0 saturated carbocycles. The number of imidazole rings is 1. The van der Waals surface area contributed by atoms with Gasteiger partial charge < -0.3 is 5.73 Å². The number of nitrogens with two attached hydrogens (primary N) is 1. The van der Waals surface area contributed by atoms with Crippen LogP contribution in [0.2, 0.25) is 0 Å². The molecule has 2 N–H and O–H groups in total. The molecule has 2 aromatic heterocycles. The molecular weight excluding hydrogens is 270 g/mol. The molecule has 20 heavy (non-hydrogen) atoms. The summed E-state index contributed by atoms with van der Waals surface area (Å²) in [6.45, 7) is 2.12. The van der Waals surface area contributed by atoms with Crippen molar-refractivity contribution in [3.63, 3.8) is 0 Å². The first-order valence-corrected chi connectivity index (χ1v) is 7.27. The average Bonchev–Trinajstić information content (AvgIpc) is 3.07. The molecule has 6 heteroatoms. The van der Waals surface area contributed by atoms with Gasteiger partial charge in [0.2, 0.25) is 5.13 Å². The van der Waals surface area contributed by atoms with Gasteiger partial charge in [0, 0.05) is 41.6 Å². The van der Waals surface area contributed by atoms with E-state index in [1.54, 1.807) is 6.20 Å². The van der Waals surface area contributed by atoms with Crippen LogP contribution in [0.5, 0.6) is 0 Å². The molecule has 0 spiro atoms. The van der Waals surface area contributed by atoms with Crippen molar-refractivity contribution in [2.45, 2.75) is 19.8 Å². The Hall–Kier alpha value is -2.21. The number of hydrogen-bond acceptors (Lipinski definition) is 5. The molecule has 0 aliphatic carbocycles. The zero-order chi connectivity index (χ0) is 13.9. The molecule has 0 bridgehead atoms. The van der Waals surface area contributed by atoms with Crippen LogP contribution in [-0.2, 0) is 6.42 Å². The minimum atomic E-state index is 0.723. The smallest absolute Gasteiger partial charge is 0.215 e. The van der Waals surface area contributed by atoms with E-state index in [9.17, 15) is 0 Å². The molecule has 0 unspecified atom stereocenters. The van der Waals surface area contributed by atoms with E-state index in [0.717, 1.165) is 40.9 Å². The molecule has 1 aromatic carbocycles. The maximum atomic E-state index is 5.83. The van der Waals surface area contributed by atoms with Gasteiger partial charge >= 0.3 is 0 Å². The first-order chi connectivity index (χ1) is 9.78. The predicted molar refractivity (Wildman–Crippen MR) is 80.9 cm³/mol. The SMILES string of the molecule is CCCc1nsc(-n2ccnc2-c2cccc(N)c2)n1. The number of anilines is 1. The van der Waals surface area contributed by atoms with Gasteiger partial charge in [-0.1, -0.05) is 19.1 Å². The number of benzene rings is 1. The van der Waals surface area contributed by atoms with Crippen LogP contribution in [0.15, 0.2) is 36.7 Å². The van der Waals surface area contributed by atoms with Crippen molar-refractivity contribution in [3.8, 4) is 16.5 Å². The third-order valence-electron chi connectivity index (χ3n) is 2.92. The molecule has 102 valence electrons. The summed E-state index contributed by atoms with van der Waals surface area (Å²) in [7, 11) is 0. The van der Waals surface area contributed by atoms with E-state index in [1.165, 1.54) is 11.5 Å². The van der Waals surface area contributed by atoms with Crippen molar-refractivity contribution in [1.82, 2.24) is 18.9 Å². The summed E-state index contributed by atoms with van der Waals surface area (Å²) < 4.78 is 6.32. The van der Waals surface area contributed by atoms with Gasteiger partial charge in [-0.15, -0.1) is 0 Å². The van der Waals surface area contributed by atoms with Gasteiger partial charge in [-0.2, -0.15) is 4.37 Å². The van der Waals surface area contributed by atoms with Gasteiger partial charge in [0.1, 0.15) is 11.6 Å². The molecule has 3 rings (SSSR count). The van der Waals surface area contributed by atoms with Gasteiger partial charge in [-0.3, -0.25) is 4.57 Å². The van der Waals surface area contributed by atoms with Gasteiger partial charge in [-0.05, 0) is 18.6 Å². The monoisotopic (exact) mass is 285 g/mol. The van der Waals surface area contributed by atoms with E-state index >= 15 is 0 Å². The van der Waals surface area contributed by atoms with Crippen LogP contribution in [0, 0.1) is 0 Å². The minimum Gasteiger partial charge on any atom is -0.399 e. The Kier molecular flexibility index (Phi) is 3.47. The van der Waals surface area contributed by atoms with Crippen LogP contribution >= 0.6 is 11.5 Å². The minimum absolute atomic E-state index is 0.723. The van der Waals surface area contributed by atoms with Gasteiger partial charge in [0.05, 0.1) is 0 Å². The van der Waals surface area contributed by atoms with Crippen molar-refractivity contribution in [2.24, 2.45) is 0 Å². The van der Waals surface area contributed by atoms with Gasteiger partial charge in [-0.25, -0.2) is 9.97 Å². The Morgan fingerprint density at radius 1 is 1.35 bits per heavy atom. The summed E-state index contributed by atoms with van der Waals surface area (Å²) in [5.74, 6) is 1.72. The molecule has 5 nitrogen and oxygen atoms in total. The molecule has 3 aromatic rings. The number of aromatic nitrogens is 4. The van der Waals surface area contributed by atoms with Gasteiger partial charge in [0.15, 0.2) is 0 Å². The lowest BCUT2D eigenvalue weighted by molar-refractivity contribution is 0.853. The van der Waals surface area contributed by atoms with Crippen molar-refractivity contribution >= 4 is 17.2 Å². The first-order valence-electron chi connectivity index (χ1n) is 6.50. The fourth-order valence-electron chi connectivity index (χ4n) is 2.02. The molecule has 0 amide bonds. The Balaban J connectivity index is 2.01. The van der Waals surface area contributed by atoms with Crippen molar-refractivity contribution in [3.05, 3.63) is 42.5 Å². The number of nitrogen functional groups attached to an aromatic ring is 1. The number of rotatable bonds is 4. The van der Waals surface area contributed by atoms with Crippen LogP contribution in [0.4, 0.5) is 5.69 Å². The third kappa shape index (κ3) is 2.42. The molecule has 2 heterocycles. The van der Waals surface area contributed by atoms with Crippen LogP contribution in [-0.4, -0.2) is 18.9 Å². The zero-order valence-electron chi connectivity index (χ0n) is 11.2. The second-order valence-corrected chi connectivity index (χ2v) is 5.22. The fraction of sp³-hybridized carbons (Fsp3) is 0.214. The first kappa shape index (κ1) is 12.8. The van der Waals surface area contributed by atoms with Crippen LogP contribution in [0.1, 0.15) is 19.2 Å². The van der Waals surface area contributed by atoms with Crippen molar-refractivity contribution < 1.29 is 0 Å². The molecule has 0 fully saturated rings. The summed E-state index contributed by atoms with van der Waals surface area (Å²) in [6.07, 6.45) is 5.61. The third-order valence-corrected chi connectivity index (χ3v) is 3.68. The molecular formula is C14H15N5S. The largest absolute Gasteiger partial charge is 0.399 e. The Morgan fingerprint density at radius 3 is 3.05 bits per heavy atom. The maximum Gasteiger partial charge on any atom is 0.215 e. The van der Waals surface area contributed by atoms with Gasteiger partial charge in [0.25, 0.3) is 0 Å². The summed E-state index contributed by atoms with van der Waals surface area (Å²) in [6, 6.07) is 7.68. The molecule has 0 atom stereocenters. The summed E-state index contributed by atoms with van der Waals surface area (Å²) >= 11 is 1.39. The van der Waals surface area contributed by atoms with E-state index in [0.29, 0.717) is 0 Å². The maximum absolute atomic E-state index is 5.83. The summed E-state index contributed by atoms with van der Waals surface area (Å²) in [5, 5.41) is 0.836. The van der Waals surface area contributed by atoms with E-state index in [2.05, 4.69) is 21.3 Å². The Labute approximate surface area is 121 Å². The lowest BCUT2D eigenvalue weighted by Gasteiger charge is -2.04. The highest BCUT2D eigenvalue weighted by Crippen LogP contribution is 2.24. The zero-order valence-corrected chi connectivity index (χ0v) is 12.0. The highest BCUT2D eigenvalue weighted by molar-refractivity contribution is 7.08. The van der Waals surface area contributed by atoms with E-state index < -0.39 is 0 Å². The highest BCUT2D eigenvalue weighted by Gasteiger charge is 2.12. The summed E-state index contributed by atoms with van der Waals surface area (Å²) in [5.41, 5.74) is 7.53. The topological polar surface area (TPSA) is 69.6 Å². The van der Waals surface area contributed by atoms with Crippen LogP contribution in [0.3, 0.4) is 0 Å². The molecule has 0 radical (unpaired) electrons. The Morgan fingerprint density at radius 2 is 2.25 bits per heavy atom. The standard InChI is InChI=1S/C14H15N5S/c1-2-4-12-17-14(20-18-12)19-8-7-16-13(19)10-5-3-6-11(15)9-10/h3,5-9H,2,4,15H2,1H3. The fourth-order valence-corrected chi connectivity index (χ4v) is 2.72.